The fourth-order valence-electron chi connectivity index (χ4n) is 2.66. The van der Waals surface area contributed by atoms with Crippen LogP contribution in [0.3, 0.4) is 0 Å². The Kier molecular flexibility index (Phi) is 6.28. The number of rotatable bonds is 9. The van der Waals surface area contributed by atoms with E-state index in [0.29, 0.717) is 18.7 Å². The number of nitrogens with one attached hydrogen (secondary N) is 1. The van der Waals surface area contributed by atoms with Gasteiger partial charge in [0, 0.05) is 6.54 Å². The zero-order valence-electron chi connectivity index (χ0n) is 15.9. The summed E-state index contributed by atoms with van der Waals surface area (Å²) in [6, 6.07) is 15.0. The van der Waals surface area contributed by atoms with Crippen molar-refractivity contribution in [3.8, 4) is 11.8 Å². The fraction of sp³-hybridized carbons (Fsp3) is 0.200. The van der Waals surface area contributed by atoms with Crippen molar-refractivity contribution in [2.24, 2.45) is 0 Å². The third-order valence-electron chi connectivity index (χ3n) is 4.11. The van der Waals surface area contributed by atoms with Gasteiger partial charge in [-0.15, -0.1) is 5.10 Å². The predicted octanol–water partition coefficient (Wildman–Crippen LogP) is 3.36. The molecule has 1 aromatic heterocycles. The smallest absolute Gasteiger partial charge is 0.322 e. The largest absolute Gasteiger partial charge is 0.424 e. The maximum absolute atomic E-state index is 13.0. The van der Waals surface area contributed by atoms with E-state index in [2.05, 4.69) is 21.5 Å². The summed E-state index contributed by atoms with van der Waals surface area (Å²) in [6.07, 6.45) is 0.378. The molecule has 29 heavy (non-hydrogen) atoms. The monoisotopic (exact) mass is 416 g/mol. The van der Waals surface area contributed by atoms with Gasteiger partial charge in [-0.25, -0.2) is 12.8 Å². The number of halogens is 1. The third-order valence-corrected chi connectivity index (χ3v) is 5.41. The number of hydrogen-bond acceptors (Lipinski definition) is 5. The molecule has 3 rings (SSSR count). The lowest BCUT2D eigenvalue weighted by atomic mass is 10.2. The van der Waals surface area contributed by atoms with Crippen molar-refractivity contribution >= 4 is 15.7 Å². The Morgan fingerprint density at radius 2 is 1.83 bits per heavy atom. The highest BCUT2D eigenvalue weighted by Gasteiger charge is 2.19. The van der Waals surface area contributed by atoms with E-state index in [1.807, 2.05) is 37.3 Å². The van der Waals surface area contributed by atoms with Crippen LogP contribution in [-0.4, -0.2) is 28.9 Å². The molecule has 0 saturated heterocycles. The highest BCUT2D eigenvalue weighted by molar-refractivity contribution is 7.89. The molecule has 1 N–H and O–H groups in total. The van der Waals surface area contributed by atoms with E-state index in [4.69, 9.17) is 4.74 Å². The summed E-state index contributed by atoms with van der Waals surface area (Å²) >= 11 is 0. The average molecular weight is 416 g/mol. The minimum absolute atomic E-state index is 0.0881. The van der Waals surface area contributed by atoms with E-state index >= 15 is 0 Å². The summed E-state index contributed by atoms with van der Waals surface area (Å²) in [6.45, 7) is 6.04. The Bertz CT molecular complexity index is 1080. The molecule has 0 fully saturated rings. The molecule has 0 atom stereocenters. The molecule has 0 bridgehead atoms. The molecule has 2 aromatic carbocycles. The molecule has 152 valence electrons. The van der Waals surface area contributed by atoms with Gasteiger partial charge in [0.2, 0.25) is 10.0 Å². The minimum Gasteiger partial charge on any atom is -0.424 e. The Labute approximate surface area is 168 Å². The topological polar surface area (TPSA) is 86.1 Å². The molecule has 0 aliphatic heterocycles. The SMILES string of the molecule is C=C(NS(=O)(=O)CCc1ccccc1)c1nnc(Oc2ccc(F)cc2)n1CC. The Morgan fingerprint density at radius 3 is 2.48 bits per heavy atom. The van der Waals surface area contributed by atoms with Crippen molar-refractivity contribution in [3.63, 3.8) is 0 Å². The van der Waals surface area contributed by atoms with Gasteiger partial charge in [-0.3, -0.25) is 9.29 Å². The van der Waals surface area contributed by atoms with Crippen LogP contribution < -0.4 is 9.46 Å². The Morgan fingerprint density at radius 1 is 1.14 bits per heavy atom. The standard InChI is InChI=1S/C20H21FN4O3S/c1-3-25-19(22-23-20(25)28-18-11-9-17(21)10-12-18)15(2)24-29(26,27)14-13-16-7-5-4-6-8-16/h4-12,24H,2-3,13-14H2,1H3. The lowest BCUT2D eigenvalue weighted by Crippen LogP contribution is -2.27. The van der Waals surface area contributed by atoms with E-state index in [1.54, 1.807) is 4.57 Å². The van der Waals surface area contributed by atoms with Crippen molar-refractivity contribution in [1.29, 1.82) is 0 Å². The first-order valence-electron chi connectivity index (χ1n) is 8.98. The third kappa shape index (κ3) is 5.41. The van der Waals surface area contributed by atoms with Crippen LogP contribution in [0.1, 0.15) is 18.3 Å². The molecule has 0 aliphatic carbocycles. The zero-order valence-corrected chi connectivity index (χ0v) is 16.7. The van der Waals surface area contributed by atoms with Crippen LogP contribution in [0.25, 0.3) is 5.70 Å². The first kappa shape index (κ1) is 20.5. The molecule has 9 heteroatoms. The molecule has 0 saturated carbocycles. The zero-order chi connectivity index (χ0) is 20.9. The first-order chi connectivity index (χ1) is 13.9. The maximum atomic E-state index is 13.0. The van der Waals surface area contributed by atoms with Crippen molar-refractivity contribution in [2.45, 2.75) is 19.9 Å². The quantitative estimate of drug-likeness (QED) is 0.578. The first-order valence-corrected chi connectivity index (χ1v) is 10.6. The van der Waals surface area contributed by atoms with E-state index in [9.17, 15) is 12.8 Å². The molecular formula is C20H21FN4O3S. The van der Waals surface area contributed by atoms with Gasteiger partial charge in [-0.1, -0.05) is 42.0 Å². The molecule has 0 radical (unpaired) electrons. The predicted molar refractivity (Wildman–Crippen MR) is 108 cm³/mol. The van der Waals surface area contributed by atoms with E-state index in [-0.39, 0.29) is 29.1 Å². The van der Waals surface area contributed by atoms with Crippen LogP contribution in [0.2, 0.25) is 0 Å². The Balaban J connectivity index is 1.70. The number of ether oxygens (including phenoxy) is 1. The van der Waals surface area contributed by atoms with Crippen molar-refractivity contribution in [1.82, 2.24) is 19.5 Å². The number of benzene rings is 2. The van der Waals surface area contributed by atoms with Gasteiger partial charge in [0.15, 0.2) is 5.82 Å². The molecule has 7 nitrogen and oxygen atoms in total. The van der Waals surface area contributed by atoms with E-state index < -0.39 is 10.0 Å². The average Bonchev–Trinajstić information content (AvgIpc) is 3.11. The van der Waals surface area contributed by atoms with Gasteiger partial charge in [-0.05, 0) is 43.2 Å². The molecule has 0 spiro atoms. The summed E-state index contributed by atoms with van der Waals surface area (Å²) in [4.78, 5) is 0. The van der Waals surface area contributed by atoms with Gasteiger partial charge < -0.3 is 4.74 Å². The maximum Gasteiger partial charge on any atom is 0.322 e. The number of hydrogen-bond donors (Lipinski definition) is 1. The van der Waals surface area contributed by atoms with Crippen LogP contribution in [-0.2, 0) is 23.0 Å². The minimum atomic E-state index is -3.62. The number of aryl methyl sites for hydroxylation is 1. The normalized spacial score (nSPS) is 11.2. The van der Waals surface area contributed by atoms with E-state index in [1.165, 1.54) is 24.3 Å². The summed E-state index contributed by atoms with van der Waals surface area (Å²) in [7, 11) is -3.62. The van der Waals surface area contributed by atoms with Crippen molar-refractivity contribution in [2.75, 3.05) is 5.75 Å². The highest BCUT2D eigenvalue weighted by atomic mass is 32.2. The van der Waals surface area contributed by atoms with Gasteiger partial charge in [-0.2, -0.15) is 0 Å². The summed E-state index contributed by atoms with van der Waals surface area (Å²) in [5.74, 6) is 0.158. The molecule has 0 amide bonds. The van der Waals surface area contributed by atoms with Gasteiger partial charge >= 0.3 is 6.01 Å². The van der Waals surface area contributed by atoms with Crippen LogP contribution >= 0.6 is 0 Å². The van der Waals surface area contributed by atoms with Gasteiger partial charge in [0.25, 0.3) is 0 Å². The second-order valence-electron chi connectivity index (χ2n) is 6.24. The van der Waals surface area contributed by atoms with Crippen LogP contribution in [0.5, 0.6) is 11.8 Å². The second kappa shape index (κ2) is 8.87. The van der Waals surface area contributed by atoms with Crippen LogP contribution in [0.15, 0.2) is 61.2 Å². The number of nitrogens with zero attached hydrogens (tertiary/aromatic N) is 3. The molecule has 0 aliphatic rings. The fourth-order valence-corrected chi connectivity index (χ4v) is 3.74. The summed E-state index contributed by atoms with van der Waals surface area (Å²) in [5, 5.41) is 7.94. The molecule has 3 aromatic rings. The van der Waals surface area contributed by atoms with Crippen LogP contribution in [0, 0.1) is 5.82 Å². The van der Waals surface area contributed by atoms with Crippen molar-refractivity contribution < 1.29 is 17.5 Å². The van der Waals surface area contributed by atoms with Crippen LogP contribution in [0.4, 0.5) is 4.39 Å². The van der Waals surface area contributed by atoms with Gasteiger partial charge in [0.1, 0.15) is 11.6 Å². The number of aromatic nitrogens is 3. The number of sulfonamides is 1. The van der Waals surface area contributed by atoms with Crippen molar-refractivity contribution in [3.05, 3.63) is 78.4 Å². The molecule has 1 heterocycles. The Hall–Kier alpha value is -3.20. The van der Waals surface area contributed by atoms with Gasteiger partial charge in [0.05, 0.1) is 11.4 Å². The lowest BCUT2D eigenvalue weighted by molar-refractivity contribution is 0.412. The summed E-state index contributed by atoms with van der Waals surface area (Å²) < 4.78 is 47.5. The molecule has 0 unspecified atom stereocenters. The molecular weight excluding hydrogens is 395 g/mol. The highest BCUT2D eigenvalue weighted by Crippen LogP contribution is 2.22. The van der Waals surface area contributed by atoms with E-state index in [0.717, 1.165) is 5.56 Å². The second-order valence-corrected chi connectivity index (χ2v) is 8.08. The summed E-state index contributed by atoms with van der Waals surface area (Å²) in [5.41, 5.74) is 1.02. The lowest BCUT2D eigenvalue weighted by Gasteiger charge is -2.12.